The maximum atomic E-state index is 12.1. The molecule has 0 heterocycles. The normalized spacial score (nSPS) is 12.8. The van der Waals surface area contributed by atoms with Crippen molar-refractivity contribution in [3.63, 3.8) is 0 Å². The van der Waals surface area contributed by atoms with Gasteiger partial charge < -0.3 is 15.7 Å². The number of amides is 3. The van der Waals surface area contributed by atoms with Crippen LogP contribution in [0.25, 0.3) is 0 Å². The van der Waals surface area contributed by atoms with Crippen molar-refractivity contribution in [1.82, 2.24) is 15.7 Å². The molecule has 4 N–H and O–H groups in total. The molecule has 28 heavy (non-hydrogen) atoms. The molecule has 0 unspecified atom stereocenters. The maximum absolute atomic E-state index is 12.1. The molecule has 0 saturated carbocycles. The molecule has 1 aromatic carbocycles. The van der Waals surface area contributed by atoms with Crippen molar-refractivity contribution >= 4 is 17.7 Å². The monoisotopic (exact) mass is 389 g/mol. The minimum Gasteiger partial charge on any atom is -0.383 e. The Morgan fingerprint density at radius 1 is 1.18 bits per heavy atom. The van der Waals surface area contributed by atoms with E-state index in [-0.39, 0.29) is 17.5 Å². The molecule has 0 bridgehead atoms. The fourth-order valence-corrected chi connectivity index (χ4v) is 2.29. The number of carbonyl (C=O) groups excluding carboxylic acids is 3. The van der Waals surface area contributed by atoms with E-state index < -0.39 is 35.8 Å². The fraction of sp³-hybridized carbons (Fsp3) is 0.450. The summed E-state index contributed by atoms with van der Waals surface area (Å²) in [7, 11) is 1.45. The number of benzene rings is 1. The predicted molar refractivity (Wildman–Crippen MR) is 103 cm³/mol. The quantitative estimate of drug-likeness (QED) is 0.317. The van der Waals surface area contributed by atoms with E-state index in [1.807, 2.05) is 6.07 Å². The Kier molecular flexibility index (Phi) is 8.64. The average molecular weight is 389 g/mol. The van der Waals surface area contributed by atoms with Gasteiger partial charge in [-0.25, -0.2) is 5.06 Å². The van der Waals surface area contributed by atoms with Crippen LogP contribution in [0.3, 0.4) is 0 Å². The topological polar surface area (TPSA) is 119 Å². The zero-order chi connectivity index (χ0) is 21.3. The second-order valence-corrected chi connectivity index (χ2v) is 7.26. The summed E-state index contributed by atoms with van der Waals surface area (Å²) in [5.41, 5.74) is 0.145. The molecule has 0 spiro atoms. The smallest absolute Gasteiger partial charge is 0.276 e. The van der Waals surface area contributed by atoms with Crippen LogP contribution in [0, 0.1) is 17.3 Å². The van der Waals surface area contributed by atoms with Gasteiger partial charge in [0.25, 0.3) is 5.91 Å². The first kappa shape index (κ1) is 23.1. The van der Waals surface area contributed by atoms with Gasteiger partial charge in [-0.15, -0.1) is 0 Å². The molecule has 1 rings (SSSR count). The van der Waals surface area contributed by atoms with Crippen LogP contribution in [0.5, 0.6) is 0 Å². The number of nitrogens with one attached hydrogen (secondary N) is 2. The van der Waals surface area contributed by atoms with E-state index in [2.05, 4.69) is 22.5 Å². The van der Waals surface area contributed by atoms with Crippen LogP contribution >= 0.6 is 0 Å². The van der Waals surface area contributed by atoms with Crippen LogP contribution in [0.1, 0.15) is 32.8 Å². The van der Waals surface area contributed by atoms with Crippen LogP contribution in [-0.2, 0) is 14.4 Å². The zero-order valence-electron chi connectivity index (χ0n) is 16.5. The van der Waals surface area contributed by atoms with Crippen molar-refractivity contribution in [1.29, 1.82) is 0 Å². The molecular formula is C20H27N3O5. The van der Waals surface area contributed by atoms with Gasteiger partial charge in [-0.3, -0.25) is 19.6 Å². The maximum Gasteiger partial charge on any atom is 0.276 e. The summed E-state index contributed by atoms with van der Waals surface area (Å²) in [6, 6.07) is 8.15. The molecule has 152 valence electrons. The molecule has 0 aliphatic carbocycles. The van der Waals surface area contributed by atoms with Crippen LogP contribution in [-0.4, -0.2) is 58.8 Å². The van der Waals surface area contributed by atoms with Crippen molar-refractivity contribution in [2.75, 3.05) is 13.6 Å². The van der Waals surface area contributed by atoms with Gasteiger partial charge in [0.05, 0.1) is 6.42 Å². The number of aliphatic hydroxyl groups excluding tert-OH is 1. The highest BCUT2D eigenvalue weighted by molar-refractivity contribution is 5.91. The van der Waals surface area contributed by atoms with Crippen molar-refractivity contribution in [3.05, 3.63) is 35.9 Å². The summed E-state index contributed by atoms with van der Waals surface area (Å²) in [6.45, 7) is 5.00. The van der Waals surface area contributed by atoms with Gasteiger partial charge >= 0.3 is 0 Å². The summed E-state index contributed by atoms with van der Waals surface area (Å²) in [5.74, 6) is 3.24. The third-order valence-electron chi connectivity index (χ3n) is 3.83. The summed E-state index contributed by atoms with van der Waals surface area (Å²) < 4.78 is 0. The SMILES string of the molecule is CNC(=O)[C@@H](NC(=O)C[C@H](O)C(=O)N(O)CC#Cc1ccccc1)C(C)(C)C. The molecule has 8 nitrogen and oxygen atoms in total. The van der Waals surface area contributed by atoms with Crippen molar-refractivity contribution in [2.45, 2.75) is 39.3 Å². The number of likely N-dealkylation sites (N-methyl/N-ethyl adjacent to an activating group) is 1. The van der Waals surface area contributed by atoms with Crippen LogP contribution in [0.4, 0.5) is 0 Å². The van der Waals surface area contributed by atoms with Gasteiger partial charge in [0.15, 0.2) is 0 Å². The Balaban J connectivity index is 2.61. The summed E-state index contributed by atoms with van der Waals surface area (Å²) in [4.78, 5) is 36.1. The molecule has 1 aromatic rings. The molecule has 8 heteroatoms. The number of aliphatic hydroxyl groups is 1. The molecule has 3 amide bonds. The minimum atomic E-state index is -1.76. The standard InChI is InChI=1S/C20H27N3O5/c1-20(2,3)17(18(26)21-4)22-16(25)13-15(24)19(27)23(28)12-8-11-14-9-6-5-7-10-14/h5-7,9-10,15,17,24,28H,12-13H2,1-4H3,(H,21,26)(H,22,25)/t15-,17+/m0/s1. The van der Waals surface area contributed by atoms with Gasteiger partial charge in [-0.2, -0.15) is 0 Å². The number of hydrogen-bond acceptors (Lipinski definition) is 5. The molecular weight excluding hydrogens is 362 g/mol. The highest BCUT2D eigenvalue weighted by Crippen LogP contribution is 2.19. The van der Waals surface area contributed by atoms with Gasteiger partial charge in [0, 0.05) is 12.6 Å². The van der Waals surface area contributed by atoms with E-state index in [0.717, 1.165) is 0 Å². The van der Waals surface area contributed by atoms with E-state index in [1.165, 1.54) is 7.05 Å². The van der Waals surface area contributed by atoms with Gasteiger partial charge in [0.1, 0.15) is 18.7 Å². The fourth-order valence-electron chi connectivity index (χ4n) is 2.29. The van der Waals surface area contributed by atoms with E-state index >= 15 is 0 Å². The Hall–Kier alpha value is -2.89. The zero-order valence-corrected chi connectivity index (χ0v) is 16.5. The number of nitrogens with zero attached hydrogens (tertiary/aromatic N) is 1. The van der Waals surface area contributed by atoms with Crippen molar-refractivity contribution in [2.24, 2.45) is 5.41 Å². The third kappa shape index (κ3) is 7.39. The molecule has 0 radical (unpaired) electrons. The average Bonchev–Trinajstić information content (AvgIpc) is 2.64. The lowest BCUT2D eigenvalue weighted by molar-refractivity contribution is -0.173. The van der Waals surface area contributed by atoms with Gasteiger partial charge in [0.2, 0.25) is 11.8 Å². The summed E-state index contributed by atoms with van der Waals surface area (Å²) >= 11 is 0. The minimum absolute atomic E-state index is 0.258. The summed E-state index contributed by atoms with van der Waals surface area (Å²) in [6.07, 6.45) is -2.35. The second-order valence-electron chi connectivity index (χ2n) is 7.26. The molecule has 0 saturated heterocycles. The van der Waals surface area contributed by atoms with Crippen LogP contribution in [0.15, 0.2) is 30.3 Å². The number of rotatable bonds is 6. The Morgan fingerprint density at radius 2 is 1.79 bits per heavy atom. The van der Waals surface area contributed by atoms with Gasteiger partial charge in [-0.05, 0) is 17.5 Å². The first-order valence-electron chi connectivity index (χ1n) is 8.79. The number of hydroxylamine groups is 2. The van der Waals surface area contributed by atoms with Crippen LogP contribution < -0.4 is 10.6 Å². The molecule has 0 aromatic heterocycles. The lowest BCUT2D eigenvalue weighted by Crippen LogP contribution is -2.53. The van der Waals surface area contributed by atoms with E-state index in [0.29, 0.717) is 5.56 Å². The van der Waals surface area contributed by atoms with E-state index in [4.69, 9.17) is 0 Å². The molecule has 0 aliphatic heterocycles. The van der Waals surface area contributed by atoms with E-state index in [1.54, 1.807) is 45.0 Å². The first-order chi connectivity index (χ1) is 13.1. The number of hydrogen-bond donors (Lipinski definition) is 4. The molecule has 0 fully saturated rings. The lowest BCUT2D eigenvalue weighted by Gasteiger charge is -2.30. The van der Waals surface area contributed by atoms with Crippen molar-refractivity contribution in [3.8, 4) is 11.8 Å². The van der Waals surface area contributed by atoms with Crippen LogP contribution in [0.2, 0.25) is 0 Å². The highest BCUT2D eigenvalue weighted by Gasteiger charge is 2.33. The largest absolute Gasteiger partial charge is 0.383 e. The highest BCUT2D eigenvalue weighted by atomic mass is 16.5. The predicted octanol–water partition coefficient (Wildman–Crippen LogP) is 0.284. The summed E-state index contributed by atoms with van der Waals surface area (Å²) in [5, 5.41) is 24.9. The Labute approximate surface area is 164 Å². The second kappa shape index (κ2) is 10.4. The Morgan fingerprint density at radius 3 is 2.32 bits per heavy atom. The first-order valence-corrected chi connectivity index (χ1v) is 8.79. The molecule has 0 aliphatic rings. The van der Waals surface area contributed by atoms with E-state index in [9.17, 15) is 24.7 Å². The van der Waals surface area contributed by atoms with Gasteiger partial charge in [-0.1, -0.05) is 50.8 Å². The lowest BCUT2D eigenvalue weighted by atomic mass is 9.86. The molecule has 2 atom stereocenters. The van der Waals surface area contributed by atoms with Crippen molar-refractivity contribution < 1.29 is 24.7 Å². The number of carbonyl (C=O) groups is 3. The Bertz CT molecular complexity index is 747. The third-order valence-corrected chi connectivity index (χ3v) is 3.83.